The molecule has 24 heavy (non-hydrogen) atoms. The number of hydrogen-bond acceptors (Lipinski definition) is 2. The monoisotopic (exact) mass is 363 g/mol. The van der Waals surface area contributed by atoms with Gasteiger partial charge in [-0.2, -0.15) is 0 Å². The number of benzene rings is 1. The Balaban J connectivity index is 0.00000146. The molecule has 1 aromatic carbocycles. The normalized spacial score (nSPS) is 26.5. The Morgan fingerprint density at radius 1 is 1.12 bits per heavy atom. The molecule has 1 aliphatic heterocycles. The molecule has 1 saturated heterocycles. The molecule has 1 nitrogen and oxygen atoms in total. The van der Waals surface area contributed by atoms with Gasteiger partial charge in [0.2, 0.25) is 0 Å². The van der Waals surface area contributed by atoms with Crippen molar-refractivity contribution in [3.8, 4) is 0 Å². The fourth-order valence-electron chi connectivity index (χ4n) is 5.04. The highest BCUT2D eigenvalue weighted by Crippen LogP contribution is 2.54. The predicted molar refractivity (Wildman–Crippen MR) is 102 cm³/mol. The standard InChI is InChI=1S/C20H22FNS.ClH/c21-15-5-6-16-18(12-23-19(16)10-15)20-14-4-3-13(9-14)17(20)11-22-7-1-2-8-22;/h5-6,10,12-14H,1-4,7-9,11H2;1H. The summed E-state index contributed by atoms with van der Waals surface area (Å²) in [6.45, 7) is 3.71. The van der Waals surface area contributed by atoms with Gasteiger partial charge in [-0.05, 0) is 91.3 Å². The zero-order valence-electron chi connectivity index (χ0n) is 13.8. The molecule has 4 heteroatoms. The molecule has 2 heterocycles. The SMILES string of the molecule is Cl.Fc1ccc2c(C3=C(CN4CCCC4)C4CCC3C4)csc2c1. The molecule has 2 bridgehead atoms. The number of thiophene rings is 1. The van der Waals surface area contributed by atoms with Gasteiger partial charge in [-0.3, -0.25) is 4.90 Å². The maximum atomic E-state index is 13.5. The summed E-state index contributed by atoms with van der Waals surface area (Å²) in [5.41, 5.74) is 4.75. The minimum absolute atomic E-state index is 0. The number of likely N-dealkylation sites (tertiary alicyclic amines) is 1. The van der Waals surface area contributed by atoms with Crippen molar-refractivity contribution in [1.82, 2.24) is 4.90 Å². The number of halogens is 2. The van der Waals surface area contributed by atoms with Gasteiger partial charge in [-0.15, -0.1) is 23.7 Å². The Bertz CT molecular complexity index is 790. The first-order valence-electron chi connectivity index (χ1n) is 8.92. The Morgan fingerprint density at radius 3 is 2.75 bits per heavy atom. The van der Waals surface area contributed by atoms with Crippen LogP contribution in [0.3, 0.4) is 0 Å². The number of hydrogen-bond donors (Lipinski definition) is 0. The van der Waals surface area contributed by atoms with Crippen LogP contribution in [0, 0.1) is 17.7 Å². The van der Waals surface area contributed by atoms with Gasteiger partial charge >= 0.3 is 0 Å². The molecule has 2 atom stereocenters. The zero-order chi connectivity index (χ0) is 15.4. The number of fused-ring (bicyclic) bond motifs is 3. The van der Waals surface area contributed by atoms with E-state index in [0.29, 0.717) is 0 Å². The summed E-state index contributed by atoms with van der Waals surface area (Å²) >= 11 is 1.70. The van der Waals surface area contributed by atoms with E-state index in [0.717, 1.165) is 16.5 Å². The third kappa shape index (κ3) is 2.61. The summed E-state index contributed by atoms with van der Waals surface area (Å²) in [4.78, 5) is 2.64. The summed E-state index contributed by atoms with van der Waals surface area (Å²) in [6.07, 6.45) is 6.81. The Hall–Kier alpha value is -0.900. The second-order valence-corrected chi connectivity index (χ2v) is 8.33. The zero-order valence-corrected chi connectivity index (χ0v) is 15.4. The first-order valence-corrected chi connectivity index (χ1v) is 9.80. The van der Waals surface area contributed by atoms with Gasteiger partial charge in [0.15, 0.2) is 0 Å². The van der Waals surface area contributed by atoms with Crippen molar-refractivity contribution in [3.05, 3.63) is 40.5 Å². The van der Waals surface area contributed by atoms with Gasteiger partial charge in [0.05, 0.1) is 0 Å². The van der Waals surface area contributed by atoms with Crippen LogP contribution in [-0.4, -0.2) is 24.5 Å². The van der Waals surface area contributed by atoms with Crippen molar-refractivity contribution in [2.75, 3.05) is 19.6 Å². The van der Waals surface area contributed by atoms with E-state index in [1.54, 1.807) is 34.6 Å². The molecule has 1 aromatic heterocycles. The van der Waals surface area contributed by atoms with Crippen molar-refractivity contribution >= 4 is 39.4 Å². The van der Waals surface area contributed by atoms with Crippen LogP contribution in [0.15, 0.2) is 29.2 Å². The van der Waals surface area contributed by atoms with Crippen LogP contribution < -0.4 is 0 Å². The summed E-state index contributed by atoms with van der Waals surface area (Å²) < 4.78 is 14.6. The van der Waals surface area contributed by atoms with Crippen molar-refractivity contribution < 1.29 is 4.39 Å². The highest BCUT2D eigenvalue weighted by atomic mass is 35.5. The minimum Gasteiger partial charge on any atom is -0.299 e. The number of nitrogens with zero attached hydrogens (tertiary/aromatic N) is 1. The molecule has 1 saturated carbocycles. The first kappa shape index (κ1) is 16.6. The predicted octanol–water partition coefficient (Wildman–Crippen LogP) is 5.74. The first-order chi connectivity index (χ1) is 11.3. The summed E-state index contributed by atoms with van der Waals surface area (Å²) in [6, 6.07) is 5.30. The largest absolute Gasteiger partial charge is 0.299 e. The van der Waals surface area contributed by atoms with E-state index in [1.165, 1.54) is 62.7 Å². The average Bonchev–Trinajstić information content (AvgIpc) is 3.30. The number of rotatable bonds is 3. The highest BCUT2D eigenvalue weighted by molar-refractivity contribution is 7.17. The lowest BCUT2D eigenvalue weighted by molar-refractivity contribution is 0.355. The van der Waals surface area contributed by atoms with Gasteiger partial charge in [-0.1, -0.05) is 6.07 Å². The van der Waals surface area contributed by atoms with Gasteiger partial charge in [0.1, 0.15) is 5.82 Å². The fraction of sp³-hybridized carbons (Fsp3) is 0.500. The van der Waals surface area contributed by atoms with Crippen LogP contribution in [0.4, 0.5) is 4.39 Å². The van der Waals surface area contributed by atoms with E-state index in [-0.39, 0.29) is 18.2 Å². The Labute approximate surface area is 153 Å². The van der Waals surface area contributed by atoms with Crippen LogP contribution in [0.25, 0.3) is 15.7 Å². The molecule has 0 spiro atoms. The molecule has 2 fully saturated rings. The lowest BCUT2D eigenvalue weighted by Gasteiger charge is -2.24. The van der Waals surface area contributed by atoms with E-state index in [9.17, 15) is 4.39 Å². The van der Waals surface area contributed by atoms with E-state index in [2.05, 4.69) is 10.3 Å². The van der Waals surface area contributed by atoms with E-state index in [1.807, 2.05) is 6.07 Å². The maximum Gasteiger partial charge on any atom is 0.124 e. The molecule has 0 radical (unpaired) electrons. The Morgan fingerprint density at radius 2 is 1.92 bits per heavy atom. The average molecular weight is 364 g/mol. The molecular formula is C20H23ClFNS. The molecule has 5 rings (SSSR count). The molecule has 128 valence electrons. The Kier molecular flexibility index (Phi) is 4.44. The van der Waals surface area contributed by atoms with Crippen LogP contribution in [-0.2, 0) is 0 Å². The molecule has 0 amide bonds. The molecular weight excluding hydrogens is 341 g/mol. The highest BCUT2D eigenvalue weighted by Gasteiger charge is 2.40. The molecule has 2 aliphatic carbocycles. The van der Waals surface area contributed by atoms with Crippen molar-refractivity contribution in [3.63, 3.8) is 0 Å². The van der Waals surface area contributed by atoms with Gasteiger partial charge in [0.25, 0.3) is 0 Å². The van der Waals surface area contributed by atoms with Crippen LogP contribution in [0.5, 0.6) is 0 Å². The quantitative estimate of drug-likeness (QED) is 0.671. The maximum absolute atomic E-state index is 13.5. The molecule has 0 N–H and O–H groups in total. The van der Waals surface area contributed by atoms with Crippen molar-refractivity contribution in [1.29, 1.82) is 0 Å². The molecule has 2 unspecified atom stereocenters. The third-order valence-corrected chi connectivity index (χ3v) is 7.05. The van der Waals surface area contributed by atoms with E-state index < -0.39 is 0 Å². The van der Waals surface area contributed by atoms with Crippen LogP contribution >= 0.6 is 23.7 Å². The fourth-order valence-corrected chi connectivity index (χ4v) is 6.03. The van der Waals surface area contributed by atoms with Gasteiger partial charge in [0, 0.05) is 16.6 Å². The molecule has 3 aliphatic rings. The smallest absolute Gasteiger partial charge is 0.124 e. The van der Waals surface area contributed by atoms with Crippen LogP contribution in [0.2, 0.25) is 0 Å². The lowest BCUT2D eigenvalue weighted by Crippen LogP contribution is -2.24. The topological polar surface area (TPSA) is 3.24 Å². The third-order valence-electron chi connectivity index (χ3n) is 6.10. The minimum atomic E-state index is -0.120. The summed E-state index contributed by atoms with van der Waals surface area (Å²) in [5.74, 6) is 1.44. The van der Waals surface area contributed by atoms with Gasteiger partial charge in [-0.25, -0.2) is 4.39 Å². The van der Waals surface area contributed by atoms with Crippen molar-refractivity contribution in [2.24, 2.45) is 11.8 Å². The van der Waals surface area contributed by atoms with E-state index >= 15 is 0 Å². The van der Waals surface area contributed by atoms with Gasteiger partial charge < -0.3 is 0 Å². The number of allylic oxidation sites excluding steroid dienone is 1. The second kappa shape index (κ2) is 6.44. The molecule has 2 aromatic rings. The van der Waals surface area contributed by atoms with Crippen molar-refractivity contribution in [2.45, 2.75) is 32.1 Å². The summed E-state index contributed by atoms with van der Waals surface area (Å²) in [7, 11) is 0. The second-order valence-electron chi connectivity index (χ2n) is 7.42. The van der Waals surface area contributed by atoms with Crippen LogP contribution in [0.1, 0.15) is 37.7 Å². The summed E-state index contributed by atoms with van der Waals surface area (Å²) in [5, 5.41) is 3.54. The lowest BCUT2D eigenvalue weighted by atomic mass is 9.87. The van der Waals surface area contributed by atoms with E-state index in [4.69, 9.17) is 0 Å².